The predicted molar refractivity (Wildman–Crippen MR) is 116 cm³/mol. The molecule has 1 aliphatic rings. The van der Waals surface area contributed by atoms with Crippen molar-refractivity contribution in [2.45, 2.75) is 19.0 Å². The molecule has 4 amide bonds. The zero-order chi connectivity index (χ0) is 22.0. The molecule has 3 aromatic carbocycles. The highest BCUT2D eigenvalue weighted by molar-refractivity contribution is 6.10. The van der Waals surface area contributed by atoms with Gasteiger partial charge in [0.05, 0.1) is 7.11 Å². The van der Waals surface area contributed by atoms with Gasteiger partial charge in [-0.3, -0.25) is 14.5 Å². The van der Waals surface area contributed by atoms with E-state index >= 15 is 0 Å². The average molecular weight is 417 g/mol. The normalized spacial score (nSPS) is 18.2. The molecule has 7 heteroatoms. The number of rotatable bonds is 6. The number of ether oxygens (including phenoxy) is 1. The van der Waals surface area contributed by atoms with Gasteiger partial charge in [-0.2, -0.15) is 0 Å². The van der Waals surface area contributed by atoms with E-state index in [0.717, 1.165) is 21.2 Å². The van der Waals surface area contributed by atoms with E-state index in [4.69, 9.17) is 4.74 Å². The van der Waals surface area contributed by atoms with Crippen molar-refractivity contribution in [3.05, 3.63) is 77.9 Å². The lowest BCUT2D eigenvalue weighted by molar-refractivity contribution is -0.134. The van der Waals surface area contributed by atoms with E-state index in [0.29, 0.717) is 11.3 Å². The van der Waals surface area contributed by atoms with Crippen LogP contribution in [0.25, 0.3) is 10.8 Å². The summed E-state index contributed by atoms with van der Waals surface area (Å²) in [5.74, 6) is -0.237. The number of nitrogens with one attached hydrogen (secondary N) is 2. The quantitative estimate of drug-likeness (QED) is 0.604. The summed E-state index contributed by atoms with van der Waals surface area (Å²) in [4.78, 5) is 39.3. The lowest BCUT2D eigenvalue weighted by Crippen LogP contribution is -2.43. The topological polar surface area (TPSA) is 87.7 Å². The first-order chi connectivity index (χ1) is 14.9. The van der Waals surface area contributed by atoms with Crippen LogP contribution in [0.5, 0.6) is 5.75 Å². The van der Waals surface area contributed by atoms with Crippen LogP contribution in [0.2, 0.25) is 0 Å². The molecule has 1 saturated heterocycles. The van der Waals surface area contributed by atoms with Crippen molar-refractivity contribution in [2.24, 2.45) is 0 Å². The fourth-order valence-corrected chi connectivity index (χ4v) is 3.93. The highest BCUT2D eigenvalue weighted by Gasteiger charge is 2.50. The summed E-state index contributed by atoms with van der Waals surface area (Å²) >= 11 is 0. The zero-order valence-corrected chi connectivity index (χ0v) is 17.3. The lowest BCUT2D eigenvalue weighted by Gasteiger charge is -2.24. The molecule has 2 N–H and O–H groups in total. The van der Waals surface area contributed by atoms with Crippen LogP contribution in [0.1, 0.15) is 18.1 Å². The molecule has 1 atom stereocenters. The molecule has 1 aliphatic heterocycles. The van der Waals surface area contributed by atoms with Gasteiger partial charge in [0, 0.05) is 12.1 Å². The summed E-state index contributed by atoms with van der Waals surface area (Å²) < 4.78 is 5.28. The number of carbonyl (C=O) groups excluding carboxylic acids is 3. The molecule has 4 rings (SSSR count). The number of nitrogens with zero attached hydrogens (tertiary/aromatic N) is 1. The van der Waals surface area contributed by atoms with Gasteiger partial charge in [-0.1, -0.05) is 60.7 Å². The van der Waals surface area contributed by atoms with Gasteiger partial charge in [-0.05, 0) is 29.3 Å². The number of benzene rings is 3. The van der Waals surface area contributed by atoms with Gasteiger partial charge in [0.15, 0.2) is 0 Å². The molecule has 1 fully saturated rings. The number of amides is 4. The molecule has 0 saturated carbocycles. The van der Waals surface area contributed by atoms with Crippen LogP contribution < -0.4 is 15.4 Å². The summed E-state index contributed by atoms with van der Waals surface area (Å²) in [6.45, 7) is 1.54. The minimum absolute atomic E-state index is 0.229. The molecule has 7 nitrogen and oxygen atoms in total. The maximum atomic E-state index is 13.2. The molecule has 0 bridgehead atoms. The molecular formula is C24H23N3O4. The first kappa shape index (κ1) is 20.4. The molecule has 0 spiro atoms. The van der Waals surface area contributed by atoms with Crippen LogP contribution in [0.3, 0.4) is 0 Å². The molecule has 3 aromatic rings. The Hall–Kier alpha value is -3.87. The molecule has 0 radical (unpaired) electrons. The molecule has 0 aliphatic carbocycles. The van der Waals surface area contributed by atoms with Crippen molar-refractivity contribution in [3.63, 3.8) is 0 Å². The van der Waals surface area contributed by atoms with Crippen LogP contribution in [-0.4, -0.2) is 36.4 Å². The number of methoxy groups -OCH3 is 1. The van der Waals surface area contributed by atoms with E-state index in [1.165, 1.54) is 0 Å². The van der Waals surface area contributed by atoms with Crippen LogP contribution in [-0.2, 0) is 21.7 Å². The number of para-hydroxylation sites is 1. The number of imide groups is 1. The Morgan fingerprint density at radius 1 is 1.03 bits per heavy atom. The first-order valence-corrected chi connectivity index (χ1v) is 9.95. The van der Waals surface area contributed by atoms with Crippen LogP contribution in [0.15, 0.2) is 66.7 Å². The minimum Gasteiger partial charge on any atom is -0.496 e. The summed E-state index contributed by atoms with van der Waals surface area (Å²) in [5, 5.41) is 7.37. The number of hydrogen-bond donors (Lipinski definition) is 2. The minimum atomic E-state index is -1.25. The van der Waals surface area contributed by atoms with E-state index in [9.17, 15) is 14.4 Å². The Morgan fingerprint density at radius 2 is 1.74 bits per heavy atom. The third-order valence-corrected chi connectivity index (χ3v) is 5.57. The van der Waals surface area contributed by atoms with Gasteiger partial charge in [0.25, 0.3) is 5.91 Å². The molecule has 158 valence electrons. The van der Waals surface area contributed by atoms with Crippen LogP contribution >= 0.6 is 0 Å². The molecule has 31 heavy (non-hydrogen) atoms. The Labute approximate surface area is 180 Å². The molecule has 0 unspecified atom stereocenters. The summed E-state index contributed by atoms with van der Waals surface area (Å²) in [6.07, 6.45) is 0. The number of hydrogen-bond acceptors (Lipinski definition) is 4. The largest absolute Gasteiger partial charge is 0.496 e. The van der Waals surface area contributed by atoms with E-state index < -0.39 is 23.4 Å². The van der Waals surface area contributed by atoms with Crippen molar-refractivity contribution < 1.29 is 19.1 Å². The van der Waals surface area contributed by atoms with Crippen LogP contribution in [0, 0.1) is 0 Å². The third-order valence-electron chi connectivity index (χ3n) is 5.57. The van der Waals surface area contributed by atoms with Gasteiger partial charge in [0.2, 0.25) is 5.91 Å². The van der Waals surface area contributed by atoms with Gasteiger partial charge in [-0.25, -0.2) is 4.79 Å². The SMILES string of the molecule is COc1ccccc1CNC(=O)CN1C(=O)N[C@@](C)(c2cccc3ccccc23)C1=O. The first-order valence-electron chi connectivity index (χ1n) is 9.95. The number of urea groups is 1. The molecule has 0 aromatic heterocycles. The maximum absolute atomic E-state index is 13.2. The van der Waals surface area contributed by atoms with E-state index in [1.807, 2.05) is 60.7 Å². The number of carbonyl (C=O) groups is 3. The van der Waals surface area contributed by atoms with Crippen molar-refractivity contribution in [1.82, 2.24) is 15.5 Å². The molecule has 1 heterocycles. The second kappa shape index (κ2) is 8.10. The fourth-order valence-electron chi connectivity index (χ4n) is 3.93. The van der Waals surface area contributed by atoms with Gasteiger partial charge < -0.3 is 15.4 Å². The standard InChI is InChI=1S/C24H23N3O4/c1-24(19-12-7-10-16-8-3-5-11-18(16)19)22(29)27(23(30)26-24)15-21(28)25-14-17-9-4-6-13-20(17)31-2/h3-13H,14-15H2,1-2H3,(H,25,28)(H,26,30)/t24-/m0/s1. The van der Waals surface area contributed by atoms with Gasteiger partial charge in [0.1, 0.15) is 17.8 Å². The Kier molecular flexibility index (Phi) is 5.33. The predicted octanol–water partition coefficient (Wildman–Crippen LogP) is 2.93. The zero-order valence-electron chi connectivity index (χ0n) is 17.3. The summed E-state index contributed by atoms with van der Waals surface area (Å²) in [7, 11) is 1.56. The van der Waals surface area contributed by atoms with Crippen molar-refractivity contribution >= 4 is 28.6 Å². The average Bonchev–Trinajstić information content (AvgIpc) is 3.01. The monoisotopic (exact) mass is 417 g/mol. The maximum Gasteiger partial charge on any atom is 0.325 e. The second-order valence-corrected chi connectivity index (χ2v) is 7.56. The lowest BCUT2D eigenvalue weighted by atomic mass is 9.88. The highest BCUT2D eigenvalue weighted by Crippen LogP contribution is 2.33. The Morgan fingerprint density at radius 3 is 2.55 bits per heavy atom. The van der Waals surface area contributed by atoms with Crippen molar-refractivity contribution in [2.75, 3.05) is 13.7 Å². The van der Waals surface area contributed by atoms with E-state index in [-0.39, 0.29) is 13.1 Å². The smallest absolute Gasteiger partial charge is 0.325 e. The fraction of sp³-hybridized carbons (Fsp3) is 0.208. The molecular weight excluding hydrogens is 394 g/mol. The highest BCUT2D eigenvalue weighted by atomic mass is 16.5. The van der Waals surface area contributed by atoms with Crippen molar-refractivity contribution in [1.29, 1.82) is 0 Å². The summed E-state index contributed by atoms with van der Waals surface area (Å²) in [5.41, 5.74) is 0.248. The van der Waals surface area contributed by atoms with Crippen LogP contribution in [0.4, 0.5) is 4.79 Å². The van der Waals surface area contributed by atoms with E-state index in [2.05, 4.69) is 10.6 Å². The van der Waals surface area contributed by atoms with Gasteiger partial charge >= 0.3 is 6.03 Å². The Balaban J connectivity index is 1.51. The van der Waals surface area contributed by atoms with E-state index in [1.54, 1.807) is 20.1 Å². The Bertz CT molecular complexity index is 1170. The van der Waals surface area contributed by atoms with Gasteiger partial charge in [-0.15, -0.1) is 0 Å². The number of fused-ring (bicyclic) bond motifs is 1. The second-order valence-electron chi connectivity index (χ2n) is 7.56. The van der Waals surface area contributed by atoms with Crippen molar-refractivity contribution in [3.8, 4) is 5.75 Å². The summed E-state index contributed by atoms with van der Waals surface area (Å²) in [6, 6.07) is 20.0. The third kappa shape index (κ3) is 3.70.